The summed E-state index contributed by atoms with van der Waals surface area (Å²) < 4.78 is 63.4. The highest BCUT2D eigenvalue weighted by atomic mass is 32.2. The molecule has 0 spiro atoms. The molecule has 0 saturated carbocycles. The summed E-state index contributed by atoms with van der Waals surface area (Å²) in [4.78, 5) is 4.72. The lowest BCUT2D eigenvalue weighted by Crippen LogP contribution is -2.29. The third-order valence-electron chi connectivity index (χ3n) is 7.53. The number of rotatable bonds is 4. The fraction of sp³-hybridized carbons (Fsp3) is 0.355. The monoisotopic (exact) mass is 586 g/mol. The number of halogens is 3. The van der Waals surface area contributed by atoms with Crippen LogP contribution in [0.1, 0.15) is 38.5 Å². The lowest BCUT2D eigenvalue weighted by Gasteiger charge is -2.29. The van der Waals surface area contributed by atoms with Crippen LogP contribution in [0.25, 0.3) is 21.5 Å². The van der Waals surface area contributed by atoms with E-state index in [-0.39, 0.29) is 5.75 Å². The van der Waals surface area contributed by atoms with Crippen molar-refractivity contribution in [2.24, 2.45) is 0 Å². The van der Waals surface area contributed by atoms with Crippen LogP contribution in [0.15, 0.2) is 72.8 Å². The second-order valence-electron chi connectivity index (χ2n) is 10.5. The second kappa shape index (κ2) is 12.1. The van der Waals surface area contributed by atoms with E-state index in [0.29, 0.717) is 11.1 Å². The van der Waals surface area contributed by atoms with Crippen molar-refractivity contribution in [3.8, 4) is 11.5 Å². The Labute approximate surface area is 238 Å². The van der Waals surface area contributed by atoms with Crippen LogP contribution in [0.3, 0.4) is 0 Å². The molecule has 4 aromatic carbocycles. The molecule has 0 amide bonds. The maximum Gasteiger partial charge on any atom is 0.534 e. The molecule has 218 valence electrons. The van der Waals surface area contributed by atoms with Gasteiger partial charge in [0.1, 0.15) is 11.5 Å². The predicted molar refractivity (Wildman–Crippen MR) is 157 cm³/mol. The Balaban J connectivity index is 0.000000174. The van der Waals surface area contributed by atoms with Crippen LogP contribution in [0.5, 0.6) is 11.5 Å². The molecule has 6 rings (SSSR count). The fourth-order valence-corrected chi connectivity index (χ4v) is 5.81. The summed E-state index contributed by atoms with van der Waals surface area (Å²) in [6, 6.07) is 21.7. The van der Waals surface area contributed by atoms with Crippen molar-refractivity contribution in [1.29, 1.82) is 0 Å². The molecular formula is C31H33F3N2O4S. The van der Waals surface area contributed by atoms with Gasteiger partial charge in [-0.25, -0.2) is 0 Å². The van der Waals surface area contributed by atoms with Crippen LogP contribution >= 0.6 is 0 Å². The van der Waals surface area contributed by atoms with Crippen LogP contribution in [0.2, 0.25) is 0 Å². The smallest absolute Gasteiger partial charge is 0.508 e. The van der Waals surface area contributed by atoms with Crippen molar-refractivity contribution < 1.29 is 30.9 Å². The molecule has 2 saturated heterocycles. The normalized spacial score (nSPS) is 16.4. The Morgan fingerprint density at radius 2 is 1.05 bits per heavy atom. The van der Waals surface area contributed by atoms with E-state index in [2.05, 4.69) is 32.2 Å². The van der Waals surface area contributed by atoms with Crippen molar-refractivity contribution in [3.63, 3.8) is 0 Å². The minimum absolute atomic E-state index is 0.336. The van der Waals surface area contributed by atoms with E-state index < -0.39 is 15.6 Å². The number of phenols is 1. The number of hydrogen-bond donors (Lipinski definition) is 1. The van der Waals surface area contributed by atoms with Gasteiger partial charge < -0.3 is 19.1 Å². The molecular weight excluding hydrogens is 553 g/mol. The summed E-state index contributed by atoms with van der Waals surface area (Å²) in [6.45, 7) is 4.31. The first-order valence-electron chi connectivity index (χ1n) is 13.9. The van der Waals surface area contributed by atoms with Gasteiger partial charge in [0.2, 0.25) is 0 Å². The molecule has 0 atom stereocenters. The van der Waals surface area contributed by atoms with Gasteiger partial charge in [-0.3, -0.25) is 0 Å². The van der Waals surface area contributed by atoms with Gasteiger partial charge in [-0.2, -0.15) is 21.6 Å². The highest BCUT2D eigenvalue weighted by Crippen LogP contribution is 2.31. The number of phenolic OH excluding ortho intramolecular Hbond substituents is 1. The van der Waals surface area contributed by atoms with Crippen LogP contribution in [0, 0.1) is 0 Å². The Kier molecular flexibility index (Phi) is 8.49. The molecule has 10 heteroatoms. The van der Waals surface area contributed by atoms with E-state index in [1.807, 2.05) is 24.3 Å². The van der Waals surface area contributed by atoms with Crippen molar-refractivity contribution in [2.75, 3.05) is 36.0 Å². The number of hydrogen-bond acceptors (Lipinski definition) is 6. The number of nitrogens with zero attached hydrogens (tertiary/aromatic N) is 2. The highest BCUT2D eigenvalue weighted by Gasteiger charge is 2.48. The largest absolute Gasteiger partial charge is 0.534 e. The van der Waals surface area contributed by atoms with Gasteiger partial charge in [0, 0.05) is 37.6 Å². The van der Waals surface area contributed by atoms with E-state index in [9.17, 15) is 26.7 Å². The number of anilines is 2. The number of benzene rings is 4. The molecule has 0 unspecified atom stereocenters. The zero-order chi connectivity index (χ0) is 29.0. The minimum Gasteiger partial charge on any atom is -0.508 e. The Hall–Kier alpha value is -3.66. The molecule has 2 aliphatic heterocycles. The predicted octanol–water partition coefficient (Wildman–Crippen LogP) is 7.59. The minimum atomic E-state index is -5.65. The average Bonchev–Trinajstić information content (AvgIpc) is 2.97. The molecule has 41 heavy (non-hydrogen) atoms. The van der Waals surface area contributed by atoms with Crippen LogP contribution in [-0.2, 0) is 10.1 Å². The lowest BCUT2D eigenvalue weighted by molar-refractivity contribution is -0.0500. The summed E-state index contributed by atoms with van der Waals surface area (Å²) in [5, 5.41) is 13.2. The first-order chi connectivity index (χ1) is 19.6. The summed E-state index contributed by atoms with van der Waals surface area (Å²) in [5.74, 6) is -0.0197. The van der Waals surface area contributed by atoms with Gasteiger partial charge in [0.25, 0.3) is 0 Å². The average molecular weight is 587 g/mol. The zero-order valence-electron chi connectivity index (χ0n) is 22.6. The molecule has 2 aliphatic rings. The molecule has 2 fully saturated rings. The maximum atomic E-state index is 12.4. The molecule has 0 bridgehead atoms. The van der Waals surface area contributed by atoms with Crippen LogP contribution in [0.4, 0.5) is 24.5 Å². The number of piperidine rings is 2. The number of alkyl halides is 3. The van der Waals surface area contributed by atoms with Crippen molar-refractivity contribution in [1.82, 2.24) is 0 Å². The SMILES string of the molecule is O=S(=O)(Oc1ccc2cc(N3CCCCC3)ccc2c1)C(F)(F)F.Oc1ccc2cc(N3CCCCC3)ccc2c1. The molecule has 4 aromatic rings. The fourth-order valence-electron chi connectivity index (χ4n) is 5.36. The quantitative estimate of drug-likeness (QED) is 0.196. The standard InChI is InChI=1S/C16H16F3NO3S.C15H17NO/c17-16(18,19)24(21,22)23-15-7-5-12-10-14(6-4-13(12)11-15)20-8-2-1-3-9-20;17-15-7-5-12-10-14(6-4-13(12)11-15)16-8-2-1-3-9-16/h4-7,10-11H,1-3,8-9H2;4-7,10-11,17H,1-3,8-9H2. The van der Waals surface area contributed by atoms with E-state index in [4.69, 9.17) is 0 Å². The molecule has 0 radical (unpaired) electrons. The van der Waals surface area contributed by atoms with Gasteiger partial charge >= 0.3 is 15.6 Å². The zero-order valence-corrected chi connectivity index (χ0v) is 23.4. The van der Waals surface area contributed by atoms with Gasteiger partial charge in [0.15, 0.2) is 0 Å². The Morgan fingerprint density at radius 3 is 1.56 bits per heavy atom. The van der Waals surface area contributed by atoms with Gasteiger partial charge in [-0.15, -0.1) is 0 Å². The topological polar surface area (TPSA) is 70.1 Å². The Morgan fingerprint density at radius 1 is 0.610 bits per heavy atom. The van der Waals surface area contributed by atoms with E-state index in [1.54, 1.807) is 18.2 Å². The summed E-state index contributed by atoms with van der Waals surface area (Å²) >= 11 is 0. The molecule has 0 aliphatic carbocycles. The van der Waals surface area contributed by atoms with Gasteiger partial charge in [0.05, 0.1) is 0 Å². The van der Waals surface area contributed by atoms with E-state index in [1.165, 1.54) is 62.0 Å². The van der Waals surface area contributed by atoms with Crippen molar-refractivity contribution >= 4 is 43.0 Å². The van der Waals surface area contributed by atoms with Crippen LogP contribution < -0.4 is 14.0 Å². The van der Waals surface area contributed by atoms with E-state index >= 15 is 0 Å². The number of fused-ring (bicyclic) bond motifs is 2. The third kappa shape index (κ3) is 6.98. The lowest BCUT2D eigenvalue weighted by atomic mass is 10.1. The first-order valence-corrected chi connectivity index (χ1v) is 15.3. The third-order valence-corrected chi connectivity index (χ3v) is 8.51. The van der Waals surface area contributed by atoms with Gasteiger partial charge in [-0.05, 0) is 109 Å². The highest BCUT2D eigenvalue weighted by molar-refractivity contribution is 7.88. The van der Waals surface area contributed by atoms with Crippen molar-refractivity contribution in [3.05, 3.63) is 72.8 Å². The molecule has 6 nitrogen and oxygen atoms in total. The summed E-state index contributed by atoms with van der Waals surface area (Å²) in [5.41, 5.74) is -3.08. The molecule has 1 N–H and O–H groups in total. The first kappa shape index (κ1) is 28.9. The van der Waals surface area contributed by atoms with Crippen molar-refractivity contribution in [2.45, 2.75) is 44.0 Å². The number of aromatic hydroxyl groups is 1. The molecule has 2 heterocycles. The summed E-state index contributed by atoms with van der Waals surface area (Å²) in [6.07, 6.45) is 7.46. The Bertz CT molecular complexity index is 1610. The van der Waals surface area contributed by atoms with Gasteiger partial charge in [-0.1, -0.05) is 24.3 Å². The summed E-state index contributed by atoms with van der Waals surface area (Å²) in [7, 11) is -5.65. The van der Waals surface area contributed by atoms with E-state index in [0.717, 1.165) is 42.4 Å². The molecule has 0 aromatic heterocycles. The van der Waals surface area contributed by atoms with Crippen LogP contribution in [-0.4, -0.2) is 45.2 Å². The maximum absolute atomic E-state index is 12.4. The second-order valence-corrected chi connectivity index (χ2v) is 12.0.